The monoisotopic (exact) mass is 252 g/mol. The molecule has 4 unspecified atom stereocenters. The van der Waals surface area contributed by atoms with Crippen LogP contribution in [0, 0.1) is 11.8 Å². The molecule has 106 valence electrons. The summed E-state index contributed by atoms with van der Waals surface area (Å²) in [5.41, 5.74) is 0. The Labute approximate surface area is 114 Å². The van der Waals surface area contributed by atoms with Crippen LogP contribution in [0.25, 0.3) is 0 Å². The van der Waals surface area contributed by atoms with Crippen molar-refractivity contribution < 1.29 is 0 Å². The van der Waals surface area contributed by atoms with E-state index in [1.807, 2.05) is 0 Å². The lowest BCUT2D eigenvalue weighted by Crippen LogP contribution is -2.45. The Morgan fingerprint density at radius 3 is 2.83 bits per heavy atom. The van der Waals surface area contributed by atoms with Crippen LogP contribution in [0.15, 0.2) is 0 Å². The van der Waals surface area contributed by atoms with Crippen molar-refractivity contribution in [1.29, 1.82) is 0 Å². The smallest absolute Gasteiger partial charge is 0.0102 e. The summed E-state index contributed by atoms with van der Waals surface area (Å²) >= 11 is 0. The van der Waals surface area contributed by atoms with Crippen LogP contribution in [-0.2, 0) is 0 Å². The molecule has 0 aromatic rings. The highest BCUT2D eigenvalue weighted by Crippen LogP contribution is 2.35. The van der Waals surface area contributed by atoms with E-state index in [0.29, 0.717) is 0 Å². The average Bonchev–Trinajstić information content (AvgIpc) is 3.08. The Morgan fingerprint density at radius 2 is 2.11 bits per heavy atom. The Bertz CT molecular complexity index is 239. The van der Waals surface area contributed by atoms with Gasteiger partial charge < -0.3 is 10.2 Å². The van der Waals surface area contributed by atoms with Crippen molar-refractivity contribution in [2.45, 2.75) is 71.4 Å². The van der Waals surface area contributed by atoms with Crippen LogP contribution in [0.3, 0.4) is 0 Å². The van der Waals surface area contributed by atoms with Crippen LogP contribution in [0.5, 0.6) is 0 Å². The molecule has 2 rings (SSSR count). The first-order chi connectivity index (χ1) is 8.74. The molecule has 1 aliphatic heterocycles. The molecule has 2 heteroatoms. The summed E-state index contributed by atoms with van der Waals surface area (Å²) in [5.74, 6) is 1.88. The number of rotatable bonds is 7. The number of piperidine rings is 1. The van der Waals surface area contributed by atoms with Crippen LogP contribution in [-0.4, -0.2) is 36.6 Å². The van der Waals surface area contributed by atoms with Crippen LogP contribution in [0.4, 0.5) is 0 Å². The molecular weight excluding hydrogens is 220 g/mol. The van der Waals surface area contributed by atoms with Gasteiger partial charge in [-0.15, -0.1) is 0 Å². The maximum Gasteiger partial charge on any atom is 0.0102 e. The van der Waals surface area contributed by atoms with Gasteiger partial charge in [0.15, 0.2) is 0 Å². The fourth-order valence-corrected chi connectivity index (χ4v) is 3.63. The topological polar surface area (TPSA) is 15.3 Å². The SMILES string of the molecule is CCCC1CC1NC(C)C1CCCN(CCC)C1. The lowest BCUT2D eigenvalue weighted by molar-refractivity contribution is 0.150. The van der Waals surface area contributed by atoms with Gasteiger partial charge in [-0.05, 0) is 64.0 Å². The third kappa shape index (κ3) is 3.96. The molecule has 4 atom stereocenters. The Hall–Kier alpha value is -0.0800. The maximum atomic E-state index is 3.89. The van der Waals surface area contributed by atoms with Crippen molar-refractivity contribution in [1.82, 2.24) is 10.2 Å². The van der Waals surface area contributed by atoms with E-state index in [4.69, 9.17) is 0 Å². The lowest BCUT2D eigenvalue weighted by atomic mass is 9.91. The molecule has 1 N–H and O–H groups in total. The molecule has 0 spiro atoms. The van der Waals surface area contributed by atoms with Gasteiger partial charge in [-0.2, -0.15) is 0 Å². The zero-order valence-electron chi connectivity index (χ0n) is 12.6. The van der Waals surface area contributed by atoms with Crippen molar-refractivity contribution in [3.05, 3.63) is 0 Å². The van der Waals surface area contributed by atoms with Crippen LogP contribution in [0.2, 0.25) is 0 Å². The molecule has 0 aromatic heterocycles. The molecule has 0 bridgehead atoms. The molecule has 0 radical (unpaired) electrons. The highest BCUT2D eigenvalue weighted by Gasteiger charge is 2.38. The van der Waals surface area contributed by atoms with Gasteiger partial charge in [0, 0.05) is 18.6 Å². The zero-order chi connectivity index (χ0) is 13.0. The van der Waals surface area contributed by atoms with Crippen molar-refractivity contribution in [3.8, 4) is 0 Å². The predicted molar refractivity (Wildman–Crippen MR) is 78.9 cm³/mol. The Balaban J connectivity index is 1.70. The quantitative estimate of drug-likeness (QED) is 0.748. The van der Waals surface area contributed by atoms with E-state index in [1.165, 1.54) is 58.2 Å². The van der Waals surface area contributed by atoms with Crippen molar-refractivity contribution in [3.63, 3.8) is 0 Å². The van der Waals surface area contributed by atoms with E-state index in [-0.39, 0.29) is 0 Å². The first kappa shape index (κ1) is 14.3. The summed E-state index contributed by atoms with van der Waals surface area (Å²) in [4.78, 5) is 2.67. The van der Waals surface area contributed by atoms with E-state index < -0.39 is 0 Å². The molecule has 1 heterocycles. The summed E-state index contributed by atoms with van der Waals surface area (Å²) in [6.45, 7) is 11.0. The van der Waals surface area contributed by atoms with Crippen molar-refractivity contribution >= 4 is 0 Å². The maximum absolute atomic E-state index is 3.89. The highest BCUT2D eigenvalue weighted by atomic mass is 15.1. The van der Waals surface area contributed by atoms with Gasteiger partial charge in [0.1, 0.15) is 0 Å². The van der Waals surface area contributed by atoms with Crippen molar-refractivity contribution in [2.24, 2.45) is 11.8 Å². The van der Waals surface area contributed by atoms with Crippen LogP contribution in [0.1, 0.15) is 59.3 Å². The van der Waals surface area contributed by atoms with Crippen LogP contribution < -0.4 is 5.32 Å². The van der Waals surface area contributed by atoms with Crippen LogP contribution >= 0.6 is 0 Å². The van der Waals surface area contributed by atoms with Gasteiger partial charge in [-0.1, -0.05) is 20.3 Å². The normalized spacial score (nSPS) is 34.5. The van der Waals surface area contributed by atoms with Gasteiger partial charge in [0.05, 0.1) is 0 Å². The van der Waals surface area contributed by atoms with Gasteiger partial charge in [-0.25, -0.2) is 0 Å². The fourth-order valence-electron chi connectivity index (χ4n) is 3.63. The van der Waals surface area contributed by atoms with E-state index in [2.05, 4.69) is 31.0 Å². The molecule has 2 fully saturated rings. The van der Waals surface area contributed by atoms with E-state index in [0.717, 1.165) is 23.9 Å². The van der Waals surface area contributed by atoms with E-state index >= 15 is 0 Å². The second-order valence-corrected chi connectivity index (χ2v) is 6.55. The van der Waals surface area contributed by atoms with Gasteiger partial charge in [0.2, 0.25) is 0 Å². The minimum Gasteiger partial charge on any atom is -0.311 e. The lowest BCUT2D eigenvalue weighted by Gasteiger charge is -2.36. The van der Waals surface area contributed by atoms with Crippen molar-refractivity contribution in [2.75, 3.05) is 19.6 Å². The number of nitrogens with one attached hydrogen (secondary N) is 1. The minimum atomic E-state index is 0.719. The van der Waals surface area contributed by atoms with Gasteiger partial charge in [-0.3, -0.25) is 0 Å². The molecule has 1 aliphatic carbocycles. The highest BCUT2D eigenvalue weighted by molar-refractivity contribution is 4.95. The number of hydrogen-bond acceptors (Lipinski definition) is 2. The minimum absolute atomic E-state index is 0.719. The van der Waals surface area contributed by atoms with E-state index in [9.17, 15) is 0 Å². The standard InChI is InChI=1S/C16H32N2/c1-4-7-14-11-16(14)17-13(3)15-8-6-10-18(12-15)9-5-2/h13-17H,4-12H2,1-3H3. The summed E-state index contributed by atoms with van der Waals surface area (Å²) in [5, 5.41) is 3.89. The first-order valence-corrected chi connectivity index (χ1v) is 8.23. The third-order valence-corrected chi connectivity index (χ3v) is 4.85. The zero-order valence-corrected chi connectivity index (χ0v) is 12.6. The van der Waals surface area contributed by atoms with E-state index in [1.54, 1.807) is 0 Å². The average molecular weight is 252 g/mol. The molecule has 0 aromatic carbocycles. The fraction of sp³-hybridized carbons (Fsp3) is 1.00. The molecule has 1 saturated heterocycles. The molecule has 0 amide bonds. The van der Waals surface area contributed by atoms with Gasteiger partial charge in [0.25, 0.3) is 0 Å². The molecule has 2 aliphatic rings. The molecule has 2 nitrogen and oxygen atoms in total. The summed E-state index contributed by atoms with van der Waals surface area (Å²) in [6.07, 6.45) is 8.35. The largest absolute Gasteiger partial charge is 0.311 e. The second kappa shape index (κ2) is 6.91. The Morgan fingerprint density at radius 1 is 1.28 bits per heavy atom. The Kier molecular flexibility index (Phi) is 5.50. The second-order valence-electron chi connectivity index (χ2n) is 6.55. The summed E-state index contributed by atoms with van der Waals surface area (Å²) < 4.78 is 0. The molecular formula is C16H32N2. The van der Waals surface area contributed by atoms with Gasteiger partial charge >= 0.3 is 0 Å². The summed E-state index contributed by atoms with van der Waals surface area (Å²) in [6, 6.07) is 1.57. The first-order valence-electron chi connectivity index (χ1n) is 8.23. The summed E-state index contributed by atoms with van der Waals surface area (Å²) in [7, 11) is 0. The third-order valence-electron chi connectivity index (χ3n) is 4.85. The molecule has 18 heavy (non-hydrogen) atoms. The number of nitrogens with zero attached hydrogens (tertiary/aromatic N) is 1. The molecule has 1 saturated carbocycles. The number of likely N-dealkylation sites (tertiary alicyclic amines) is 1. The number of hydrogen-bond donors (Lipinski definition) is 1. The predicted octanol–water partition coefficient (Wildman–Crippen LogP) is 3.28.